The Morgan fingerprint density at radius 1 is 0.957 bits per heavy atom. The van der Waals surface area contributed by atoms with Crippen molar-refractivity contribution < 1.29 is 16.8 Å². The molecule has 0 aliphatic carbocycles. The summed E-state index contributed by atoms with van der Waals surface area (Å²) in [4.78, 5) is 0.349. The average Bonchev–Trinajstić information content (AvgIpc) is 2.46. The number of rotatable bonds is 5. The summed E-state index contributed by atoms with van der Waals surface area (Å²) in [5.41, 5.74) is 0.674. The highest BCUT2D eigenvalue weighted by Gasteiger charge is 2.20. The van der Waals surface area contributed by atoms with E-state index >= 15 is 0 Å². The Balaban J connectivity index is 2.25. The molecule has 0 amide bonds. The summed E-state index contributed by atoms with van der Waals surface area (Å²) < 4.78 is 50.8. The molecule has 0 aromatic heterocycles. The normalized spacial score (nSPS) is 13.7. The number of sulfonamides is 1. The van der Waals surface area contributed by atoms with Crippen molar-refractivity contribution in [3.63, 3.8) is 0 Å². The Labute approximate surface area is 144 Å². The summed E-state index contributed by atoms with van der Waals surface area (Å²) in [6.07, 6.45) is 1.13. The predicted octanol–water partition coefficient (Wildman–Crippen LogP) is 2.89. The van der Waals surface area contributed by atoms with Gasteiger partial charge in [-0.3, -0.25) is 0 Å². The molecule has 0 heterocycles. The molecule has 0 fully saturated rings. The van der Waals surface area contributed by atoms with Crippen LogP contribution >= 0.6 is 15.9 Å². The third kappa shape index (κ3) is 4.41. The Hall–Kier alpha value is -1.22. The maximum absolute atomic E-state index is 12.4. The number of nitrogens with one attached hydrogen (secondary N) is 1. The van der Waals surface area contributed by atoms with Gasteiger partial charge in [0.1, 0.15) is 0 Å². The van der Waals surface area contributed by atoms with Crippen molar-refractivity contribution in [2.75, 3.05) is 6.26 Å². The van der Waals surface area contributed by atoms with Crippen LogP contribution in [0.3, 0.4) is 0 Å². The highest BCUT2D eigenvalue weighted by molar-refractivity contribution is 9.10. The van der Waals surface area contributed by atoms with E-state index < -0.39 is 25.9 Å². The number of hydrogen-bond donors (Lipinski definition) is 1. The highest BCUT2D eigenvalue weighted by atomic mass is 79.9. The first-order chi connectivity index (χ1) is 10.6. The van der Waals surface area contributed by atoms with Crippen molar-refractivity contribution in [1.82, 2.24) is 4.72 Å². The van der Waals surface area contributed by atoms with Crippen LogP contribution in [0.2, 0.25) is 0 Å². The van der Waals surface area contributed by atoms with Gasteiger partial charge in [0.15, 0.2) is 9.84 Å². The third-order valence-electron chi connectivity index (χ3n) is 3.27. The zero-order chi connectivity index (χ0) is 17.3. The van der Waals surface area contributed by atoms with E-state index in [2.05, 4.69) is 20.7 Å². The minimum absolute atomic E-state index is 0.152. The van der Waals surface area contributed by atoms with E-state index in [4.69, 9.17) is 0 Å². The molecule has 0 spiro atoms. The van der Waals surface area contributed by atoms with E-state index in [0.29, 0.717) is 10.0 Å². The van der Waals surface area contributed by atoms with Crippen LogP contribution in [-0.2, 0) is 19.9 Å². The quantitative estimate of drug-likeness (QED) is 0.810. The van der Waals surface area contributed by atoms with E-state index in [1.165, 1.54) is 18.2 Å². The lowest BCUT2D eigenvalue weighted by molar-refractivity contribution is 0.566. The van der Waals surface area contributed by atoms with Gasteiger partial charge in [-0.05, 0) is 52.7 Å². The molecule has 0 saturated heterocycles. The summed E-state index contributed by atoms with van der Waals surface area (Å²) in [7, 11) is -6.97. The summed E-state index contributed by atoms with van der Waals surface area (Å²) in [5.74, 6) is 0. The molecule has 124 valence electrons. The molecule has 2 aromatic carbocycles. The third-order valence-corrected chi connectivity index (χ3v) is 6.95. The Kier molecular flexibility index (Phi) is 5.30. The molecule has 8 heteroatoms. The average molecular weight is 418 g/mol. The molecule has 0 radical (unpaired) electrons. The van der Waals surface area contributed by atoms with Crippen molar-refractivity contribution in [3.05, 3.63) is 58.6 Å². The van der Waals surface area contributed by atoms with Crippen LogP contribution in [0.25, 0.3) is 0 Å². The van der Waals surface area contributed by atoms with Gasteiger partial charge < -0.3 is 0 Å². The lowest BCUT2D eigenvalue weighted by atomic mass is 10.1. The second kappa shape index (κ2) is 6.72. The van der Waals surface area contributed by atoms with Crippen molar-refractivity contribution in [3.8, 4) is 0 Å². The monoisotopic (exact) mass is 417 g/mol. The van der Waals surface area contributed by atoms with E-state index in [-0.39, 0.29) is 9.79 Å². The van der Waals surface area contributed by atoms with Gasteiger partial charge in [-0.2, -0.15) is 0 Å². The molecular weight excluding hydrogens is 402 g/mol. The first-order valence-electron chi connectivity index (χ1n) is 6.68. The lowest BCUT2D eigenvalue weighted by Gasteiger charge is -2.15. The number of sulfone groups is 1. The smallest absolute Gasteiger partial charge is 0.224 e. The largest absolute Gasteiger partial charge is 0.242 e. The minimum Gasteiger partial charge on any atom is -0.224 e. The van der Waals surface area contributed by atoms with Gasteiger partial charge in [0.2, 0.25) is 10.0 Å². The van der Waals surface area contributed by atoms with Gasteiger partial charge in [-0.25, -0.2) is 21.6 Å². The number of halogens is 1. The molecule has 1 atom stereocenters. The Morgan fingerprint density at radius 2 is 1.52 bits per heavy atom. The van der Waals surface area contributed by atoms with E-state index in [1.54, 1.807) is 37.3 Å². The second-order valence-corrected chi connectivity index (χ2v) is 9.67. The molecule has 1 N–H and O–H groups in total. The van der Waals surface area contributed by atoms with Crippen molar-refractivity contribution >= 4 is 35.8 Å². The minimum atomic E-state index is -3.69. The van der Waals surface area contributed by atoms with Crippen LogP contribution in [0.1, 0.15) is 18.5 Å². The van der Waals surface area contributed by atoms with Gasteiger partial charge >= 0.3 is 0 Å². The molecule has 0 bridgehead atoms. The zero-order valence-electron chi connectivity index (χ0n) is 12.5. The maximum atomic E-state index is 12.4. The van der Waals surface area contributed by atoms with Crippen LogP contribution in [0.5, 0.6) is 0 Å². The topological polar surface area (TPSA) is 80.3 Å². The second-order valence-electron chi connectivity index (χ2n) is 5.11. The first kappa shape index (κ1) is 18.1. The summed E-state index contributed by atoms with van der Waals surface area (Å²) >= 11 is 3.22. The highest BCUT2D eigenvalue weighted by Crippen LogP contribution is 2.24. The van der Waals surface area contributed by atoms with Crippen molar-refractivity contribution in [2.24, 2.45) is 0 Å². The molecule has 2 rings (SSSR count). The van der Waals surface area contributed by atoms with E-state index in [1.807, 2.05) is 0 Å². The van der Waals surface area contributed by atoms with Crippen LogP contribution < -0.4 is 4.72 Å². The van der Waals surface area contributed by atoms with Crippen LogP contribution in [-0.4, -0.2) is 23.1 Å². The summed E-state index contributed by atoms with van der Waals surface area (Å²) in [6.45, 7) is 1.70. The molecular formula is C15H16BrNO4S2. The fourth-order valence-corrected chi connectivity index (χ4v) is 4.90. The fraction of sp³-hybridized carbons (Fsp3) is 0.200. The lowest BCUT2D eigenvalue weighted by Crippen LogP contribution is -2.27. The predicted molar refractivity (Wildman–Crippen MR) is 92.4 cm³/mol. The fourth-order valence-electron chi connectivity index (χ4n) is 2.03. The van der Waals surface area contributed by atoms with E-state index in [0.717, 1.165) is 6.26 Å². The SMILES string of the molecule is CC(NS(=O)(=O)c1ccccc1Br)c1ccc(S(C)(=O)=O)cc1. The van der Waals surface area contributed by atoms with Crippen molar-refractivity contribution in [2.45, 2.75) is 22.8 Å². The maximum Gasteiger partial charge on any atom is 0.242 e. The van der Waals surface area contributed by atoms with Gasteiger partial charge in [-0.15, -0.1) is 0 Å². The van der Waals surface area contributed by atoms with E-state index in [9.17, 15) is 16.8 Å². The van der Waals surface area contributed by atoms with Gasteiger partial charge in [-0.1, -0.05) is 24.3 Å². The summed E-state index contributed by atoms with van der Waals surface area (Å²) in [6, 6.07) is 12.2. The Bertz CT molecular complexity index is 907. The van der Waals surface area contributed by atoms with Crippen LogP contribution in [0, 0.1) is 0 Å². The van der Waals surface area contributed by atoms with Crippen LogP contribution in [0.15, 0.2) is 62.8 Å². The molecule has 0 saturated carbocycles. The summed E-state index contributed by atoms with van der Waals surface area (Å²) in [5, 5.41) is 0. The standard InChI is InChI=1S/C15H16BrNO4S2/c1-11(12-7-9-13(10-8-12)22(2,18)19)17-23(20,21)15-6-4-3-5-14(15)16/h3-11,17H,1-2H3. The number of hydrogen-bond acceptors (Lipinski definition) is 4. The molecule has 0 aliphatic rings. The molecule has 2 aromatic rings. The molecule has 0 aliphatic heterocycles. The first-order valence-corrected chi connectivity index (χ1v) is 10.8. The van der Waals surface area contributed by atoms with Gasteiger partial charge in [0, 0.05) is 16.8 Å². The molecule has 5 nitrogen and oxygen atoms in total. The molecule has 23 heavy (non-hydrogen) atoms. The van der Waals surface area contributed by atoms with Crippen LogP contribution in [0.4, 0.5) is 0 Å². The Morgan fingerprint density at radius 3 is 2.04 bits per heavy atom. The molecule has 1 unspecified atom stereocenters. The van der Waals surface area contributed by atoms with Gasteiger partial charge in [0.25, 0.3) is 0 Å². The van der Waals surface area contributed by atoms with Gasteiger partial charge in [0.05, 0.1) is 9.79 Å². The van der Waals surface area contributed by atoms with Crippen molar-refractivity contribution in [1.29, 1.82) is 0 Å². The zero-order valence-corrected chi connectivity index (χ0v) is 15.7. The number of benzene rings is 2.